The van der Waals surface area contributed by atoms with Crippen molar-refractivity contribution < 1.29 is 57.2 Å². The monoisotopic (exact) mass is 738 g/mol. The summed E-state index contributed by atoms with van der Waals surface area (Å²) in [7, 11) is -5.32. The Morgan fingerprint density at radius 1 is 0.911 bits per heavy atom. The predicted molar refractivity (Wildman–Crippen MR) is 158 cm³/mol. The third-order valence-electron chi connectivity index (χ3n) is 6.78. The molecule has 8 N–H and O–H groups in total. The number of rotatable bonds is 11. The van der Waals surface area contributed by atoms with Crippen molar-refractivity contribution in [1.82, 2.24) is 19.1 Å². The summed E-state index contributed by atoms with van der Waals surface area (Å²) in [6.45, 7) is -7.40. The van der Waals surface area contributed by atoms with Crippen molar-refractivity contribution in [2.75, 3.05) is 6.61 Å². The maximum atomic E-state index is 13.6. The number of hydrogen-bond acceptors (Lipinski definition) is 13. The Morgan fingerprint density at radius 3 is 1.91 bits per heavy atom. The topological polar surface area (TPSA) is 294 Å². The van der Waals surface area contributed by atoms with Crippen LogP contribution < -0.4 is 22.5 Å². The zero-order valence-corrected chi connectivity index (χ0v) is 27.5. The van der Waals surface area contributed by atoms with Crippen molar-refractivity contribution in [1.29, 1.82) is 0 Å². The van der Waals surface area contributed by atoms with E-state index in [2.05, 4.69) is 28.6 Å². The van der Waals surface area contributed by atoms with Crippen LogP contribution in [0, 0.1) is 13.8 Å². The first kappa shape index (κ1) is 36.3. The van der Waals surface area contributed by atoms with Crippen LogP contribution in [0.5, 0.6) is 0 Å². The van der Waals surface area contributed by atoms with Gasteiger partial charge in [-0.2, -0.15) is 0 Å². The maximum absolute atomic E-state index is 13.6. The molecule has 2 saturated heterocycles. The van der Waals surface area contributed by atoms with Crippen molar-refractivity contribution in [3.8, 4) is 0 Å². The van der Waals surface area contributed by atoms with E-state index in [0.717, 1.165) is 15.3 Å². The molecule has 0 amide bonds. The van der Waals surface area contributed by atoms with Crippen LogP contribution in [0.15, 0.2) is 31.6 Å². The highest BCUT2D eigenvalue weighted by Gasteiger charge is 2.53. The molecule has 4 rings (SSSR count). The Bertz CT molecular complexity index is 1820. The van der Waals surface area contributed by atoms with Gasteiger partial charge in [0, 0.05) is 36.4 Å². The van der Waals surface area contributed by atoms with E-state index in [0.29, 0.717) is 0 Å². The molecule has 2 unspecified atom stereocenters. The molecular formula is C20H29N4O16P3S2. The van der Waals surface area contributed by atoms with Gasteiger partial charge in [0.2, 0.25) is 0 Å². The van der Waals surface area contributed by atoms with Gasteiger partial charge in [-0.25, -0.2) is 9.59 Å². The Kier molecular flexibility index (Phi) is 10.9. The van der Waals surface area contributed by atoms with Gasteiger partial charge in [-0.05, 0) is 37.5 Å². The first-order valence-corrected chi connectivity index (χ1v) is 19.6. The van der Waals surface area contributed by atoms with E-state index in [1.807, 2.05) is 4.98 Å². The lowest BCUT2D eigenvalue weighted by atomic mass is 10.2. The number of hydrogen-bond donors (Lipinski definition) is 8. The van der Waals surface area contributed by atoms with Gasteiger partial charge in [0.25, 0.3) is 11.1 Å². The number of ether oxygens (including phenoxy) is 2. The number of aliphatic hydroxyl groups excluding tert-OH is 1. The molecule has 20 nitrogen and oxygen atoms in total. The van der Waals surface area contributed by atoms with Crippen molar-refractivity contribution in [3.05, 3.63) is 65.2 Å². The van der Waals surface area contributed by atoms with E-state index in [1.165, 1.54) is 20.0 Å². The molecular weight excluding hydrogens is 709 g/mol. The minimum atomic E-state index is -5.32. The van der Waals surface area contributed by atoms with Gasteiger partial charge in [-0.3, -0.25) is 37.8 Å². The third kappa shape index (κ3) is 8.88. The summed E-state index contributed by atoms with van der Waals surface area (Å²) in [4.78, 5) is 103. The summed E-state index contributed by atoms with van der Waals surface area (Å²) in [5.74, 6) is -2.42. The molecule has 4 heterocycles. The molecule has 0 saturated carbocycles. The number of H-pyrrole nitrogens is 2. The number of aliphatic hydroxyl groups is 1. The van der Waals surface area contributed by atoms with Crippen LogP contribution in [0.4, 0.5) is 0 Å². The highest BCUT2D eigenvalue weighted by molar-refractivity contribution is 8.07. The third-order valence-corrected chi connectivity index (χ3v) is 10.1. The lowest BCUT2D eigenvalue weighted by Crippen LogP contribution is -2.38. The fourth-order valence-electron chi connectivity index (χ4n) is 4.70. The molecule has 2 aromatic heterocycles. The van der Waals surface area contributed by atoms with E-state index in [1.54, 1.807) is 0 Å². The normalized spacial score (nSPS) is 27.8. The van der Waals surface area contributed by atoms with Crippen LogP contribution in [-0.4, -0.2) is 85.5 Å². The van der Waals surface area contributed by atoms with Crippen molar-refractivity contribution in [2.45, 2.75) is 69.4 Å². The largest absolute Gasteiger partial charge is 0.390 e. The second kappa shape index (κ2) is 13.5. The van der Waals surface area contributed by atoms with Gasteiger partial charge in [0.05, 0.1) is 12.7 Å². The molecule has 2 aromatic rings. The summed E-state index contributed by atoms with van der Waals surface area (Å²) < 4.78 is 41.9. The Hall–Kier alpha value is -1.55. The van der Waals surface area contributed by atoms with Crippen molar-refractivity contribution in [3.63, 3.8) is 0 Å². The van der Waals surface area contributed by atoms with Gasteiger partial charge in [-0.1, -0.05) is 0 Å². The average Bonchev–Trinajstić information content (AvgIpc) is 3.46. The Labute approximate surface area is 261 Å². The van der Waals surface area contributed by atoms with Gasteiger partial charge < -0.3 is 48.1 Å². The van der Waals surface area contributed by atoms with Gasteiger partial charge in [-0.15, -0.1) is 0 Å². The molecule has 8 atom stereocenters. The molecule has 2 aliphatic rings. The first-order chi connectivity index (χ1) is 20.6. The zero-order chi connectivity index (χ0) is 33.6. The number of nitrogens with zero attached hydrogens (tertiary/aromatic N) is 2. The van der Waals surface area contributed by atoms with Crippen molar-refractivity contribution >= 4 is 44.6 Å². The summed E-state index contributed by atoms with van der Waals surface area (Å²) in [6, 6.07) is 0. The van der Waals surface area contributed by atoms with Crippen LogP contribution in [0.1, 0.15) is 36.4 Å². The van der Waals surface area contributed by atoms with Crippen LogP contribution in [0.2, 0.25) is 0 Å². The Balaban J connectivity index is 1.61. The number of aryl methyl sites for hydroxylation is 2. The first-order valence-electron chi connectivity index (χ1n) is 12.7. The molecule has 2 aliphatic heterocycles. The van der Waals surface area contributed by atoms with E-state index >= 15 is 0 Å². The predicted octanol–water partition coefficient (Wildman–Crippen LogP) is -2.01. The lowest BCUT2D eigenvalue weighted by Gasteiger charge is -2.32. The molecule has 0 aliphatic carbocycles. The van der Waals surface area contributed by atoms with Gasteiger partial charge >= 0.3 is 32.4 Å². The van der Waals surface area contributed by atoms with Crippen molar-refractivity contribution in [2.24, 2.45) is 0 Å². The molecule has 252 valence electrons. The fourth-order valence-corrected chi connectivity index (χ4v) is 8.48. The lowest BCUT2D eigenvalue weighted by molar-refractivity contribution is -0.0653. The molecule has 0 radical (unpaired) electrons. The van der Waals surface area contributed by atoms with Gasteiger partial charge in [0.15, 0.2) is 5.85 Å². The molecule has 0 aromatic carbocycles. The molecule has 45 heavy (non-hydrogen) atoms. The highest BCUT2D eigenvalue weighted by atomic mass is 32.5. The smallest absolute Gasteiger partial charge is 0.360 e. The fraction of sp³-hybridized carbons (Fsp3) is 0.600. The summed E-state index contributed by atoms with van der Waals surface area (Å²) in [5, 5.41) is 10.5. The second-order valence-corrected chi connectivity index (χ2v) is 17.3. The van der Waals surface area contributed by atoms with E-state index in [-0.39, 0.29) is 17.5 Å². The van der Waals surface area contributed by atoms with Crippen LogP contribution in [0.25, 0.3) is 0 Å². The zero-order valence-electron chi connectivity index (χ0n) is 23.1. The average molecular weight is 739 g/mol. The van der Waals surface area contributed by atoms with E-state index in [9.17, 15) is 53.3 Å². The number of aromatic nitrogens is 4. The number of aromatic amines is 2. The van der Waals surface area contributed by atoms with Crippen LogP contribution >= 0.6 is 21.0 Å². The summed E-state index contributed by atoms with van der Waals surface area (Å²) in [6.07, 6.45) is -7.18. The minimum absolute atomic E-state index is 0.0615. The van der Waals surface area contributed by atoms with E-state index < -0.39 is 99.3 Å². The standard InChI is InChI=1S/C20H29N4O16P3S2/c1-8-5-23(19(28)21-16(8)26)13-3-10(25)12(37-13)7-36-41(30,31)18(40-43(34,35)45)15-11(39-42(32,33)44)4-14(38-15)24-6-9(2)17(27)22-20(24)29/h5-6,10-15,18,25H,3-4,7H2,1-2H3,(H,30,31)(H,21,26,28)(H,22,27,29)(H2,32,33,44)(H2,34,35,45)/t10-,11-,12+,13+,14+,15-,18?/m0/s1. The van der Waals surface area contributed by atoms with Crippen LogP contribution in [-0.2, 0) is 51.2 Å². The SMILES string of the molecule is Cc1cn([C@H]2C[C@H](OP(O)(O)=S)[C@@H](C(OP(O)(O)=S)P(=O)(O)OC[C@H]3O[C@@H](n4cc(C)c(=O)[nH]c4=O)C[C@@H]3O)O2)c(=O)[nH]c1=O. The molecule has 25 heteroatoms. The second-order valence-electron chi connectivity index (χ2n) is 10.2. The Morgan fingerprint density at radius 2 is 1.42 bits per heavy atom. The quantitative estimate of drug-likeness (QED) is 0.116. The molecule has 2 fully saturated rings. The summed E-state index contributed by atoms with van der Waals surface area (Å²) >= 11 is 9.01. The van der Waals surface area contributed by atoms with Crippen LogP contribution in [0.3, 0.4) is 0 Å². The van der Waals surface area contributed by atoms with Gasteiger partial charge in [0.1, 0.15) is 30.8 Å². The molecule has 0 spiro atoms. The minimum Gasteiger partial charge on any atom is -0.390 e. The number of nitrogens with one attached hydrogen (secondary N) is 2. The highest BCUT2D eigenvalue weighted by Crippen LogP contribution is 2.59. The maximum Gasteiger partial charge on any atom is 0.360 e. The molecule has 0 bridgehead atoms. The summed E-state index contributed by atoms with van der Waals surface area (Å²) in [5.41, 5.74) is -2.94. The van der Waals surface area contributed by atoms with E-state index in [4.69, 9.17) is 23.0 Å².